The van der Waals surface area contributed by atoms with Crippen molar-refractivity contribution in [3.8, 4) is 0 Å². The van der Waals surface area contributed by atoms with Crippen molar-refractivity contribution in [2.75, 3.05) is 20.1 Å². The lowest BCUT2D eigenvalue weighted by Gasteiger charge is -2.12. The van der Waals surface area contributed by atoms with Crippen molar-refractivity contribution in [2.45, 2.75) is 51.6 Å². The number of hydrogen-bond acceptors (Lipinski definition) is 2. The van der Waals surface area contributed by atoms with Crippen molar-refractivity contribution in [1.29, 1.82) is 0 Å². The summed E-state index contributed by atoms with van der Waals surface area (Å²) in [6, 6.07) is 1.64. The molecule has 2 aliphatic rings. The maximum absolute atomic E-state index is 3.32. The fourth-order valence-corrected chi connectivity index (χ4v) is 1.94. The Bertz CT molecular complexity index is 122. The fourth-order valence-electron chi connectivity index (χ4n) is 1.94. The third-order valence-corrected chi connectivity index (χ3v) is 3.19. The van der Waals surface area contributed by atoms with E-state index in [1.807, 2.05) is 0 Å². The normalized spacial score (nSPS) is 34.4. The molecule has 0 saturated carbocycles. The number of nitrogens with zero attached hydrogens (tertiary/aromatic N) is 1. The molecule has 2 heterocycles. The Kier molecular flexibility index (Phi) is 4.74. The number of likely N-dealkylation sites (tertiary alicyclic amines) is 1. The van der Waals surface area contributed by atoms with Crippen molar-refractivity contribution in [3.63, 3.8) is 0 Å². The zero-order valence-corrected chi connectivity index (χ0v) is 9.34. The van der Waals surface area contributed by atoms with E-state index >= 15 is 0 Å². The van der Waals surface area contributed by atoms with E-state index in [2.05, 4.69) is 31.1 Å². The summed E-state index contributed by atoms with van der Waals surface area (Å²) in [6.07, 6.45) is 5.55. The molecule has 0 aliphatic carbocycles. The molecule has 2 fully saturated rings. The first-order valence-electron chi connectivity index (χ1n) is 5.64. The molecule has 0 aromatic heterocycles. The van der Waals surface area contributed by atoms with Gasteiger partial charge in [-0.15, -0.1) is 0 Å². The van der Waals surface area contributed by atoms with Gasteiger partial charge >= 0.3 is 0 Å². The van der Waals surface area contributed by atoms with Gasteiger partial charge in [0.1, 0.15) is 0 Å². The molecular weight excluding hydrogens is 160 g/mol. The van der Waals surface area contributed by atoms with Crippen LogP contribution in [0.2, 0.25) is 0 Å². The lowest BCUT2D eigenvalue weighted by atomic mass is 10.3. The van der Waals surface area contributed by atoms with Crippen LogP contribution < -0.4 is 5.32 Å². The van der Waals surface area contributed by atoms with Crippen molar-refractivity contribution in [1.82, 2.24) is 10.2 Å². The minimum atomic E-state index is 0.796. The van der Waals surface area contributed by atoms with Crippen molar-refractivity contribution in [3.05, 3.63) is 0 Å². The van der Waals surface area contributed by atoms with E-state index in [4.69, 9.17) is 0 Å². The molecular formula is C11H24N2. The van der Waals surface area contributed by atoms with Gasteiger partial charge in [-0.25, -0.2) is 0 Å². The second-order valence-corrected chi connectivity index (χ2v) is 4.47. The molecule has 0 bridgehead atoms. The van der Waals surface area contributed by atoms with Crippen LogP contribution in [-0.2, 0) is 0 Å². The Hall–Kier alpha value is -0.0800. The van der Waals surface area contributed by atoms with Gasteiger partial charge in [-0.2, -0.15) is 0 Å². The third kappa shape index (κ3) is 4.10. The summed E-state index contributed by atoms with van der Waals surface area (Å²) < 4.78 is 0. The Labute approximate surface area is 82.7 Å². The van der Waals surface area contributed by atoms with Gasteiger partial charge in [-0.05, 0) is 59.7 Å². The standard InChI is InChI=1S/C6H13N.C5H11N/c1-6-4-3-5-7(6)2;1-5-3-2-4-6-5/h6H,3-5H2,1-2H3;5-6H,2-4H2,1H3. The van der Waals surface area contributed by atoms with E-state index in [9.17, 15) is 0 Å². The van der Waals surface area contributed by atoms with Crippen LogP contribution in [0.4, 0.5) is 0 Å². The van der Waals surface area contributed by atoms with Gasteiger partial charge in [0.2, 0.25) is 0 Å². The Morgan fingerprint density at radius 2 is 1.92 bits per heavy atom. The molecule has 1 N–H and O–H groups in total. The maximum atomic E-state index is 3.32. The zero-order valence-electron chi connectivity index (χ0n) is 9.34. The predicted octanol–water partition coefficient (Wildman–Crippen LogP) is 1.86. The summed E-state index contributed by atoms with van der Waals surface area (Å²) in [6.45, 7) is 7.06. The topological polar surface area (TPSA) is 15.3 Å². The van der Waals surface area contributed by atoms with Crippen LogP contribution in [0.3, 0.4) is 0 Å². The highest BCUT2D eigenvalue weighted by atomic mass is 15.1. The summed E-state index contributed by atoms with van der Waals surface area (Å²) in [5.41, 5.74) is 0. The zero-order chi connectivity index (χ0) is 9.68. The quantitative estimate of drug-likeness (QED) is 0.618. The second kappa shape index (κ2) is 5.61. The molecule has 2 heteroatoms. The van der Waals surface area contributed by atoms with Gasteiger partial charge in [0.15, 0.2) is 0 Å². The van der Waals surface area contributed by atoms with Gasteiger partial charge in [0, 0.05) is 12.1 Å². The van der Waals surface area contributed by atoms with E-state index in [0.717, 1.165) is 12.1 Å². The molecule has 2 atom stereocenters. The van der Waals surface area contributed by atoms with Crippen LogP contribution in [0.1, 0.15) is 39.5 Å². The van der Waals surface area contributed by atoms with E-state index in [1.165, 1.54) is 38.8 Å². The summed E-state index contributed by atoms with van der Waals surface area (Å²) in [4.78, 5) is 2.40. The first kappa shape index (κ1) is 11.0. The predicted molar refractivity (Wildman–Crippen MR) is 58.0 cm³/mol. The number of hydrogen-bond donors (Lipinski definition) is 1. The highest BCUT2D eigenvalue weighted by Gasteiger charge is 2.14. The lowest BCUT2D eigenvalue weighted by Crippen LogP contribution is -2.20. The van der Waals surface area contributed by atoms with Gasteiger partial charge in [-0.1, -0.05) is 0 Å². The van der Waals surface area contributed by atoms with Crippen molar-refractivity contribution >= 4 is 0 Å². The fraction of sp³-hybridized carbons (Fsp3) is 1.00. The summed E-state index contributed by atoms with van der Waals surface area (Å²) >= 11 is 0. The Morgan fingerprint density at radius 1 is 1.15 bits per heavy atom. The van der Waals surface area contributed by atoms with Crippen LogP contribution >= 0.6 is 0 Å². The Morgan fingerprint density at radius 3 is 2.08 bits per heavy atom. The van der Waals surface area contributed by atoms with Gasteiger partial charge in [0.25, 0.3) is 0 Å². The average Bonchev–Trinajstić information content (AvgIpc) is 2.67. The molecule has 2 saturated heterocycles. The smallest absolute Gasteiger partial charge is 0.00643 e. The van der Waals surface area contributed by atoms with Gasteiger partial charge in [-0.3, -0.25) is 0 Å². The van der Waals surface area contributed by atoms with E-state index < -0.39 is 0 Å². The molecule has 2 unspecified atom stereocenters. The van der Waals surface area contributed by atoms with Crippen molar-refractivity contribution in [2.24, 2.45) is 0 Å². The third-order valence-electron chi connectivity index (χ3n) is 3.19. The first-order chi connectivity index (χ1) is 6.20. The lowest BCUT2D eigenvalue weighted by molar-refractivity contribution is 0.331. The first-order valence-corrected chi connectivity index (χ1v) is 5.64. The second-order valence-electron chi connectivity index (χ2n) is 4.47. The van der Waals surface area contributed by atoms with Crippen LogP contribution in [0.15, 0.2) is 0 Å². The molecule has 0 aromatic carbocycles. The van der Waals surface area contributed by atoms with Gasteiger partial charge < -0.3 is 10.2 Å². The molecule has 2 rings (SSSR count). The highest BCUT2D eigenvalue weighted by Crippen LogP contribution is 2.12. The molecule has 0 amide bonds. The summed E-state index contributed by atoms with van der Waals surface area (Å²) in [7, 11) is 2.19. The summed E-state index contributed by atoms with van der Waals surface area (Å²) in [5.74, 6) is 0. The van der Waals surface area contributed by atoms with E-state index in [1.54, 1.807) is 0 Å². The largest absolute Gasteiger partial charge is 0.314 e. The van der Waals surface area contributed by atoms with Crippen LogP contribution in [-0.4, -0.2) is 37.1 Å². The number of rotatable bonds is 0. The Balaban J connectivity index is 0.000000132. The van der Waals surface area contributed by atoms with E-state index in [-0.39, 0.29) is 0 Å². The number of nitrogens with one attached hydrogen (secondary N) is 1. The minimum absolute atomic E-state index is 0.796. The van der Waals surface area contributed by atoms with E-state index in [0.29, 0.717) is 0 Å². The molecule has 2 nitrogen and oxygen atoms in total. The highest BCUT2D eigenvalue weighted by molar-refractivity contribution is 4.70. The van der Waals surface area contributed by atoms with Crippen LogP contribution in [0, 0.1) is 0 Å². The van der Waals surface area contributed by atoms with Crippen LogP contribution in [0.25, 0.3) is 0 Å². The molecule has 2 aliphatic heterocycles. The molecule has 0 aromatic rings. The van der Waals surface area contributed by atoms with Crippen molar-refractivity contribution < 1.29 is 0 Å². The molecule has 0 spiro atoms. The average molecular weight is 184 g/mol. The maximum Gasteiger partial charge on any atom is 0.00643 e. The molecule has 78 valence electrons. The SMILES string of the molecule is CC1CCCN1.CC1CCCN1C. The van der Waals surface area contributed by atoms with Gasteiger partial charge in [0.05, 0.1) is 0 Å². The monoisotopic (exact) mass is 184 g/mol. The van der Waals surface area contributed by atoms with Crippen LogP contribution in [0.5, 0.6) is 0 Å². The molecule has 13 heavy (non-hydrogen) atoms. The minimum Gasteiger partial charge on any atom is -0.314 e. The summed E-state index contributed by atoms with van der Waals surface area (Å²) in [5, 5.41) is 3.32. The molecule has 0 radical (unpaired) electrons.